The van der Waals surface area contributed by atoms with Crippen LogP contribution in [0.1, 0.15) is 35.9 Å². The van der Waals surface area contributed by atoms with Gasteiger partial charge in [0.15, 0.2) is 10.8 Å². The quantitative estimate of drug-likeness (QED) is 0.651. The highest BCUT2D eigenvalue weighted by Crippen LogP contribution is 2.43. The van der Waals surface area contributed by atoms with Crippen molar-refractivity contribution in [1.29, 1.82) is 0 Å². The predicted molar refractivity (Wildman–Crippen MR) is 113 cm³/mol. The molecule has 10 heteroatoms. The van der Waals surface area contributed by atoms with Crippen molar-refractivity contribution in [2.45, 2.75) is 25.3 Å². The number of aliphatic imine (C=N–C) groups is 1. The molecule has 1 aromatic heterocycles. The minimum Gasteiger partial charge on any atom is -0.481 e. The second-order valence-electron chi connectivity index (χ2n) is 7.35. The van der Waals surface area contributed by atoms with Crippen LogP contribution in [0.2, 0.25) is 5.02 Å². The topological polar surface area (TPSA) is 101 Å². The summed E-state index contributed by atoms with van der Waals surface area (Å²) in [7, 11) is 1.26. The molecule has 0 saturated heterocycles. The van der Waals surface area contributed by atoms with E-state index in [1.807, 2.05) is 0 Å². The number of carbonyl (C=O) groups is 2. The highest BCUT2D eigenvalue weighted by atomic mass is 35.5. The summed E-state index contributed by atoms with van der Waals surface area (Å²) < 4.78 is 19.3. The van der Waals surface area contributed by atoms with Crippen LogP contribution in [0.5, 0.6) is 0 Å². The molecule has 4 rings (SSSR count). The molecule has 2 N–H and O–H groups in total. The van der Waals surface area contributed by atoms with Crippen LogP contribution in [0.15, 0.2) is 46.0 Å². The van der Waals surface area contributed by atoms with E-state index in [0.29, 0.717) is 41.4 Å². The Kier molecular flexibility index (Phi) is 6.06. The third-order valence-electron chi connectivity index (χ3n) is 5.58. The van der Waals surface area contributed by atoms with Gasteiger partial charge in [-0.2, -0.15) is 0 Å². The highest BCUT2D eigenvalue weighted by molar-refractivity contribution is 7.11. The van der Waals surface area contributed by atoms with Crippen molar-refractivity contribution < 1.29 is 23.8 Å². The van der Waals surface area contributed by atoms with E-state index in [9.17, 15) is 19.1 Å². The summed E-state index contributed by atoms with van der Waals surface area (Å²) in [6.45, 7) is 0. The molecule has 3 atom stereocenters. The number of hydrogen-bond donors (Lipinski definition) is 2. The number of carboxylic acids is 1. The molecule has 1 fully saturated rings. The Bertz CT molecular complexity index is 1090. The fraction of sp³-hybridized carbons (Fsp3) is 0.333. The van der Waals surface area contributed by atoms with Gasteiger partial charge in [0.1, 0.15) is 11.9 Å². The van der Waals surface area contributed by atoms with Gasteiger partial charge >= 0.3 is 11.9 Å². The molecule has 3 unspecified atom stereocenters. The molecule has 0 bridgehead atoms. The first-order valence-corrected chi connectivity index (χ1v) is 10.9. The summed E-state index contributed by atoms with van der Waals surface area (Å²) in [5.41, 5.74) is 1.05. The number of halogens is 2. The van der Waals surface area contributed by atoms with Crippen molar-refractivity contribution >= 4 is 40.7 Å². The van der Waals surface area contributed by atoms with E-state index in [-0.39, 0.29) is 16.5 Å². The molecular formula is C21H19ClFN3O4S. The van der Waals surface area contributed by atoms with Crippen molar-refractivity contribution in [3.8, 4) is 0 Å². The predicted octanol–water partition coefficient (Wildman–Crippen LogP) is 3.95. The number of esters is 1. The number of methoxy groups -OCH3 is 1. The van der Waals surface area contributed by atoms with Crippen LogP contribution < -0.4 is 5.32 Å². The van der Waals surface area contributed by atoms with Gasteiger partial charge in [-0.05, 0) is 25.3 Å². The molecule has 0 spiro atoms. The Hall–Kier alpha value is -2.78. The second kappa shape index (κ2) is 8.76. The van der Waals surface area contributed by atoms with Crippen LogP contribution in [0, 0.1) is 17.7 Å². The first kappa shape index (κ1) is 21.5. The summed E-state index contributed by atoms with van der Waals surface area (Å²) in [6, 6.07) is 3.42. The number of aliphatic carboxylic acids is 1. The van der Waals surface area contributed by atoms with E-state index in [1.54, 1.807) is 17.6 Å². The van der Waals surface area contributed by atoms with Crippen molar-refractivity contribution in [1.82, 2.24) is 10.3 Å². The molecule has 0 amide bonds. The van der Waals surface area contributed by atoms with Crippen LogP contribution in [0.3, 0.4) is 0 Å². The maximum Gasteiger partial charge on any atom is 0.338 e. The van der Waals surface area contributed by atoms with Crippen LogP contribution in [0.25, 0.3) is 0 Å². The number of amidine groups is 1. The van der Waals surface area contributed by atoms with E-state index in [2.05, 4.69) is 15.3 Å². The zero-order chi connectivity index (χ0) is 22.1. The number of nitrogens with zero attached hydrogens (tertiary/aromatic N) is 2. The van der Waals surface area contributed by atoms with Gasteiger partial charge in [0.2, 0.25) is 0 Å². The Balaban J connectivity index is 1.87. The smallest absolute Gasteiger partial charge is 0.338 e. The van der Waals surface area contributed by atoms with Gasteiger partial charge in [0.05, 0.1) is 23.6 Å². The van der Waals surface area contributed by atoms with E-state index in [4.69, 9.17) is 16.3 Å². The van der Waals surface area contributed by atoms with Gasteiger partial charge in [-0.1, -0.05) is 23.7 Å². The molecule has 0 radical (unpaired) electrons. The summed E-state index contributed by atoms with van der Waals surface area (Å²) in [5.74, 6) is -2.43. The Labute approximate surface area is 186 Å². The Morgan fingerprint density at radius 1 is 1.35 bits per heavy atom. The molecule has 2 aromatic rings. The fourth-order valence-electron chi connectivity index (χ4n) is 4.10. The van der Waals surface area contributed by atoms with Crippen molar-refractivity contribution in [3.63, 3.8) is 0 Å². The summed E-state index contributed by atoms with van der Waals surface area (Å²) in [5, 5.41) is 14.9. The number of nitrogens with one attached hydrogen (secondary N) is 1. The van der Waals surface area contributed by atoms with E-state index in [0.717, 1.165) is 0 Å². The van der Waals surface area contributed by atoms with Crippen LogP contribution in [0.4, 0.5) is 4.39 Å². The molecule has 1 saturated carbocycles. The molecule has 1 aliphatic heterocycles. The lowest BCUT2D eigenvalue weighted by Gasteiger charge is -2.30. The minimum absolute atomic E-state index is 0.132. The number of benzene rings is 1. The number of thiazole rings is 1. The highest BCUT2D eigenvalue weighted by Gasteiger charge is 2.40. The third kappa shape index (κ3) is 4.07. The fourth-order valence-corrected chi connectivity index (χ4v) is 4.91. The normalized spacial score (nSPS) is 23.3. The molecular weight excluding hydrogens is 445 g/mol. The SMILES string of the molecule is COC(=O)C1=C(C2CCC(C(=O)O)C2)NC(c2nccs2)=NC1c1cccc(F)c1Cl. The average molecular weight is 464 g/mol. The van der Waals surface area contributed by atoms with Crippen LogP contribution in [-0.2, 0) is 14.3 Å². The lowest BCUT2D eigenvalue weighted by Crippen LogP contribution is -2.36. The molecule has 1 aliphatic carbocycles. The van der Waals surface area contributed by atoms with E-state index < -0.39 is 29.7 Å². The molecule has 31 heavy (non-hydrogen) atoms. The molecule has 1 aromatic carbocycles. The third-order valence-corrected chi connectivity index (χ3v) is 6.76. The van der Waals surface area contributed by atoms with Gasteiger partial charge in [-0.3, -0.25) is 9.79 Å². The number of ether oxygens (including phenoxy) is 1. The van der Waals surface area contributed by atoms with Crippen LogP contribution in [-0.4, -0.2) is 35.0 Å². The second-order valence-corrected chi connectivity index (χ2v) is 8.62. The molecule has 2 aliphatic rings. The number of rotatable bonds is 5. The zero-order valence-corrected chi connectivity index (χ0v) is 18.0. The number of carbonyl (C=O) groups excluding carboxylic acids is 1. The van der Waals surface area contributed by atoms with Crippen molar-refractivity contribution in [2.24, 2.45) is 16.8 Å². The Morgan fingerprint density at radius 2 is 2.16 bits per heavy atom. The number of carboxylic acid groups (broad SMARTS) is 1. The van der Waals surface area contributed by atoms with E-state index in [1.165, 1.54) is 30.6 Å². The van der Waals surface area contributed by atoms with Crippen LogP contribution >= 0.6 is 22.9 Å². The molecule has 162 valence electrons. The largest absolute Gasteiger partial charge is 0.481 e. The number of hydrogen-bond acceptors (Lipinski definition) is 7. The first-order chi connectivity index (χ1) is 14.9. The maximum absolute atomic E-state index is 14.2. The minimum atomic E-state index is -0.922. The maximum atomic E-state index is 14.2. The van der Waals surface area contributed by atoms with Gasteiger partial charge in [0, 0.05) is 28.8 Å². The number of aromatic nitrogens is 1. The monoisotopic (exact) mass is 463 g/mol. The standard InChI is InChI=1S/C21H19ClFN3O4S/c1-30-21(29)14-16(10-5-6-11(9-10)20(27)28)25-18(19-24-7-8-31-19)26-17(14)12-3-2-4-13(23)15(12)22/h2-4,7-8,10-11,17H,5-6,9H2,1H3,(H,25,26)(H,27,28). The lowest BCUT2D eigenvalue weighted by atomic mass is 9.89. The van der Waals surface area contributed by atoms with Crippen molar-refractivity contribution in [3.05, 3.63) is 62.5 Å². The number of allylic oxidation sites excluding steroid dienone is 1. The van der Waals surface area contributed by atoms with E-state index >= 15 is 0 Å². The van der Waals surface area contributed by atoms with Gasteiger partial charge in [-0.25, -0.2) is 14.2 Å². The van der Waals surface area contributed by atoms with Gasteiger partial charge < -0.3 is 15.2 Å². The summed E-state index contributed by atoms with van der Waals surface area (Å²) >= 11 is 7.61. The Morgan fingerprint density at radius 3 is 2.81 bits per heavy atom. The lowest BCUT2D eigenvalue weighted by molar-refractivity contribution is -0.141. The van der Waals surface area contributed by atoms with Gasteiger partial charge in [-0.15, -0.1) is 11.3 Å². The first-order valence-electron chi connectivity index (χ1n) is 9.64. The zero-order valence-electron chi connectivity index (χ0n) is 16.5. The summed E-state index contributed by atoms with van der Waals surface area (Å²) in [4.78, 5) is 33.3. The molecule has 2 heterocycles. The van der Waals surface area contributed by atoms with Crippen molar-refractivity contribution in [2.75, 3.05) is 7.11 Å². The van der Waals surface area contributed by atoms with Gasteiger partial charge in [0.25, 0.3) is 0 Å². The average Bonchev–Trinajstić information content (AvgIpc) is 3.47. The molecule has 7 nitrogen and oxygen atoms in total. The summed E-state index contributed by atoms with van der Waals surface area (Å²) in [6.07, 6.45) is 3.07.